The van der Waals surface area contributed by atoms with Gasteiger partial charge in [0.1, 0.15) is 5.82 Å². The number of likely N-dealkylation sites (N-methyl/N-ethyl adjacent to an activating group) is 1. The first-order valence-corrected chi connectivity index (χ1v) is 8.21. The third-order valence-electron chi connectivity index (χ3n) is 4.08. The summed E-state index contributed by atoms with van der Waals surface area (Å²) in [5, 5.41) is 4.12. The molecule has 2 aromatic rings. The molecule has 1 aliphatic heterocycles. The van der Waals surface area contributed by atoms with Crippen LogP contribution in [0.4, 0.5) is 17.5 Å². The normalized spacial score (nSPS) is 15.7. The fourth-order valence-corrected chi connectivity index (χ4v) is 2.90. The number of benzene rings is 1. The molecule has 1 aromatic carbocycles. The molecule has 1 saturated heterocycles. The molecular formula is C17H22ClN5. The number of rotatable bonds is 3. The number of aromatic nitrogens is 2. The second-order valence-corrected chi connectivity index (χ2v) is 6.51. The lowest BCUT2D eigenvalue weighted by Gasteiger charge is -2.32. The van der Waals surface area contributed by atoms with Crippen LogP contribution in [0.5, 0.6) is 0 Å². The molecule has 0 amide bonds. The average molecular weight is 332 g/mol. The first kappa shape index (κ1) is 16.0. The van der Waals surface area contributed by atoms with Gasteiger partial charge in [-0.3, -0.25) is 0 Å². The first-order valence-electron chi connectivity index (χ1n) is 7.83. The van der Waals surface area contributed by atoms with Crippen molar-refractivity contribution in [2.75, 3.05) is 43.4 Å². The number of halogens is 1. The number of hydrogen-bond acceptors (Lipinski definition) is 5. The third-order valence-corrected chi connectivity index (χ3v) is 4.31. The van der Waals surface area contributed by atoms with Gasteiger partial charge >= 0.3 is 0 Å². The van der Waals surface area contributed by atoms with Crippen LogP contribution >= 0.6 is 11.6 Å². The van der Waals surface area contributed by atoms with Crippen molar-refractivity contribution in [3.63, 3.8) is 0 Å². The van der Waals surface area contributed by atoms with Crippen LogP contribution in [0.1, 0.15) is 11.3 Å². The predicted octanol–water partition coefficient (Wildman–Crippen LogP) is 3.24. The first-order chi connectivity index (χ1) is 11.0. The minimum Gasteiger partial charge on any atom is -0.340 e. The number of piperazine rings is 1. The van der Waals surface area contributed by atoms with Crippen molar-refractivity contribution in [3.8, 4) is 0 Å². The molecule has 0 radical (unpaired) electrons. The summed E-state index contributed by atoms with van der Waals surface area (Å²) in [7, 11) is 2.14. The van der Waals surface area contributed by atoms with E-state index in [1.54, 1.807) is 0 Å². The molecule has 0 spiro atoms. The Bertz CT molecular complexity index is 695. The van der Waals surface area contributed by atoms with Gasteiger partial charge in [0.05, 0.1) is 0 Å². The highest BCUT2D eigenvalue weighted by Crippen LogP contribution is 2.24. The molecule has 1 aromatic heterocycles. The minimum absolute atomic E-state index is 0.741. The number of nitrogens with zero attached hydrogens (tertiary/aromatic N) is 4. The van der Waals surface area contributed by atoms with Crippen molar-refractivity contribution in [2.45, 2.75) is 13.8 Å². The van der Waals surface area contributed by atoms with Crippen molar-refractivity contribution in [2.24, 2.45) is 0 Å². The van der Waals surface area contributed by atoms with Crippen LogP contribution in [0.2, 0.25) is 5.02 Å². The molecular weight excluding hydrogens is 310 g/mol. The smallest absolute Gasteiger partial charge is 0.227 e. The Hall–Kier alpha value is -1.85. The van der Waals surface area contributed by atoms with Crippen molar-refractivity contribution in [3.05, 3.63) is 40.5 Å². The number of hydrogen-bond donors (Lipinski definition) is 1. The summed E-state index contributed by atoms with van der Waals surface area (Å²) in [5.41, 5.74) is 3.06. The second-order valence-electron chi connectivity index (χ2n) is 6.07. The van der Waals surface area contributed by atoms with Gasteiger partial charge in [-0.1, -0.05) is 11.6 Å². The summed E-state index contributed by atoms with van der Waals surface area (Å²) < 4.78 is 0. The molecule has 1 N–H and O–H groups in total. The van der Waals surface area contributed by atoms with Gasteiger partial charge in [0, 0.05) is 48.6 Å². The van der Waals surface area contributed by atoms with Gasteiger partial charge in [-0.15, -0.1) is 0 Å². The maximum atomic E-state index is 6.02. The Labute approximate surface area is 142 Å². The fraction of sp³-hybridized carbons (Fsp3) is 0.412. The summed E-state index contributed by atoms with van der Waals surface area (Å²) in [5.74, 6) is 1.61. The van der Waals surface area contributed by atoms with Gasteiger partial charge in [-0.2, -0.15) is 4.98 Å². The van der Waals surface area contributed by atoms with Crippen molar-refractivity contribution in [1.29, 1.82) is 0 Å². The predicted molar refractivity (Wildman–Crippen MR) is 96.0 cm³/mol. The average Bonchev–Trinajstić information content (AvgIpc) is 2.50. The number of nitrogens with one attached hydrogen (secondary N) is 1. The molecule has 0 bridgehead atoms. The molecule has 0 atom stereocenters. The van der Waals surface area contributed by atoms with Crippen molar-refractivity contribution >= 4 is 29.1 Å². The summed E-state index contributed by atoms with van der Waals surface area (Å²) >= 11 is 6.02. The zero-order valence-electron chi connectivity index (χ0n) is 13.8. The van der Waals surface area contributed by atoms with Crippen LogP contribution in [0.25, 0.3) is 0 Å². The summed E-state index contributed by atoms with van der Waals surface area (Å²) in [6, 6.07) is 7.77. The van der Waals surface area contributed by atoms with Crippen molar-refractivity contribution < 1.29 is 0 Å². The van der Waals surface area contributed by atoms with E-state index in [0.717, 1.165) is 59.9 Å². The molecule has 1 aliphatic rings. The van der Waals surface area contributed by atoms with Gasteiger partial charge in [0.15, 0.2) is 0 Å². The molecule has 6 heteroatoms. The molecule has 3 rings (SSSR count). The summed E-state index contributed by atoms with van der Waals surface area (Å²) in [6.07, 6.45) is 0. The monoisotopic (exact) mass is 331 g/mol. The van der Waals surface area contributed by atoms with E-state index in [4.69, 9.17) is 16.6 Å². The van der Waals surface area contributed by atoms with E-state index in [9.17, 15) is 0 Å². The van der Waals surface area contributed by atoms with E-state index in [0.29, 0.717) is 0 Å². The minimum atomic E-state index is 0.741. The molecule has 0 unspecified atom stereocenters. The summed E-state index contributed by atoms with van der Waals surface area (Å²) in [6.45, 7) is 8.02. The van der Waals surface area contributed by atoms with Crippen LogP contribution in [0.15, 0.2) is 24.3 Å². The topological polar surface area (TPSA) is 44.3 Å². The van der Waals surface area contributed by atoms with E-state index in [2.05, 4.69) is 27.1 Å². The van der Waals surface area contributed by atoms with E-state index in [1.165, 1.54) is 0 Å². The molecule has 2 heterocycles. The Balaban J connectivity index is 1.82. The zero-order chi connectivity index (χ0) is 16.4. The molecule has 23 heavy (non-hydrogen) atoms. The van der Waals surface area contributed by atoms with Crippen LogP contribution < -0.4 is 10.2 Å². The molecule has 5 nitrogen and oxygen atoms in total. The van der Waals surface area contributed by atoms with E-state index in [1.807, 2.05) is 38.1 Å². The largest absolute Gasteiger partial charge is 0.340 e. The molecule has 0 aliphatic carbocycles. The molecule has 1 fully saturated rings. The maximum Gasteiger partial charge on any atom is 0.227 e. The van der Waals surface area contributed by atoms with E-state index < -0.39 is 0 Å². The van der Waals surface area contributed by atoms with Gasteiger partial charge in [0.2, 0.25) is 5.95 Å². The third kappa shape index (κ3) is 3.92. The van der Waals surface area contributed by atoms with Gasteiger partial charge < -0.3 is 15.1 Å². The molecule has 0 saturated carbocycles. The van der Waals surface area contributed by atoms with Crippen LogP contribution in [-0.2, 0) is 0 Å². The Morgan fingerprint density at radius 2 is 1.78 bits per heavy atom. The lowest BCUT2D eigenvalue weighted by atomic mass is 10.2. The van der Waals surface area contributed by atoms with Crippen LogP contribution in [0, 0.1) is 13.8 Å². The van der Waals surface area contributed by atoms with Crippen LogP contribution in [-0.4, -0.2) is 48.1 Å². The standard InChI is InChI=1S/C17H22ClN5/c1-12-10-14(18)4-5-15(12)20-16-11-13(2)19-17(21-16)23-8-6-22(3)7-9-23/h4-5,10-11H,6-9H2,1-3H3,(H,19,20,21). The SMILES string of the molecule is Cc1cc(Nc2ccc(Cl)cc2C)nc(N2CCN(C)CC2)n1. The van der Waals surface area contributed by atoms with E-state index in [-0.39, 0.29) is 0 Å². The number of aryl methyl sites for hydroxylation is 2. The quantitative estimate of drug-likeness (QED) is 0.935. The highest BCUT2D eigenvalue weighted by molar-refractivity contribution is 6.30. The van der Waals surface area contributed by atoms with E-state index >= 15 is 0 Å². The zero-order valence-corrected chi connectivity index (χ0v) is 14.6. The fourth-order valence-electron chi connectivity index (χ4n) is 2.67. The summed E-state index contributed by atoms with van der Waals surface area (Å²) in [4.78, 5) is 13.9. The van der Waals surface area contributed by atoms with Crippen molar-refractivity contribution in [1.82, 2.24) is 14.9 Å². The number of anilines is 3. The highest BCUT2D eigenvalue weighted by atomic mass is 35.5. The van der Waals surface area contributed by atoms with Gasteiger partial charge in [-0.25, -0.2) is 4.98 Å². The lowest BCUT2D eigenvalue weighted by Crippen LogP contribution is -2.45. The highest BCUT2D eigenvalue weighted by Gasteiger charge is 2.17. The Kier molecular flexibility index (Phi) is 4.68. The second kappa shape index (κ2) is 6.72. The van der Waals surface area contributed by atoms with Crippen LogP contribution in [0.3, 0.4) is 0 Å². The Morgan fingerprint density at radius 3 is 2.48 bits per heavy atom. The van der Waals surface area contributed by atoms with Gasteiger partial charge in [0.25, 0.3) is 0 Å². The lowest BCUT2D eigenvalue weighted by molar-refractivity contribution is 0.311. The molecule has 122 valence electrons. The maximum absolute atomic E-state index is 6.02. The Morgan fingerprint density at radius 1 is 1.04 bits per heavy atom. The van der Waals surface area contributed by atoms with Gasteiger partial charge in [-0.05, 0) is 44.7 Å².